The Hall–Kier alpha value is -3.41. The molecule has 0 N–H and O–H groups in total. The van der Waals surface area contributed by atoms with Gasteiger partial charge in [0.05, 0.1) is 39.9 Å². The van der Waals surface area contributed by atoms with E-state index in [9.17, 15) is 10.1 Å². The van der Waals surface area contributed by atoms with Crippen LogP contribution in [0.15, 0.2) is 42.5 Å². The monoisotopic (exact) mass is 477 g/mol. The minimum absolute atomic E-state index is 0.137. The molecule has 0 aliphatic carbocycles. The number of amides is 1. The van der Waals surface area contributed by atoms with Crippen LogP contribution >= 0.6 is 22.9 Å². The second kappa shape index (κ2) is 8.85. The van der Waals surface area contributed by atoms with E-state index in [2.05, 4.69) is 11.1 Å². The van der Waals surface area contributed by atoms with Crippen LogP contribution in [0.4, 0.5) is 5.69 Å². The van der Waals surface area contributed by atoms with Gasteiger partial charge >= 0.3 is 0 Å². The number of fused-ring (bicyclic) bond motifs is 1. The van der Waals surface area contributed by atoms with E-state index in [0.29, 0.717) is 34.4 Å². The van der Waals surface area contributed by atoms with E-state index in [1.807, 2.05) is 47.9 Å². The first-order valence-corrected chi connectivity index (χ1v) is 11.8. The topological polar surface area (TPSA) is 84.0 Å². The summed E-state index contributed by atoms with van der Waals surface area (Å²) in [5.74, 6) is 1.49. The molecule has 1 aliphatic rings. The fourth-order valence-corrected chi connectivity index (χ4v) is 5.11. The van der Waals surface area contributed by atoms with Crippen molar-refractivity contribution in [1.29, 1.82) is 5.26 Å². The van der Waals surface area contributed by atoms with Gasteiger partial charge in [-0.05, 0) is 43.7 Å². The van der Waals surface area contributed by atoms with Crippen LogP contribution in [0.3, 0.4) is 0 Å². The standard InChI is InChI=1S/C24H20ClN5O2S/c1-15-27-20(24(25)33-15)13-30-21-10-16(12-26)7-8-19(21)28-22(30)14-32-18-5-2-4-17(11-18)29-9-3-6-23(29)31/h2,4-5,7-8,10-11H,3,6,9,13-14H2,1H3. The summed E-state index contributed by atoms with van der Waals surface area (Å²) in [4.78, 5) is 23.2. The molecular formula is C24H20ClN5O2S. The van der Waals surface area contributed by atoms with Crippen LogP contribution in [0, 0.1) is 18.3 Å². The van der Waals surface area contributed by atoms with E-state index in [0.717, 1.165) is 40.4 Å². The predicted octanol–water partition coefficient (Wildman–Crippen LogP) is 5.08. The third-order valence-corrected chi connectivity index (χ3v) is 6.84. The molecule has 0 radical (unpaired) electrons. The van der Waals surface area contributed by atoms with E-state index in [4.69, 9.17) is 21.3 Å². The summed E-state index contributed by atoms with van der Waals surface area (Å²) in [7, 11) is 0. The Labute approximate surface area is 199 Å². The molecule has 1 amide bonds. The molecule has 1 aliphatic heterocycles. The molecule has 33 heavy (non-hydrogen) atoms. The van der Waals surface area contributed by atoms with Gasteiger partial charge in [-0.3, -0.25) is 4.79 Å². The molecule has 0 spiro atoms. The molecule has 0 atom stereocenters. The highest BCUT2D eigenvalue weighted by Gasteiger charge is 2.22. The highest BCUT2D eigenvalue weighted by molar-refractivity contribution is 7.15. The number of carbonyl (C=O) groups is 1. The quantitative estimate of drug-likeness (QED) is 0.386. The normalized spacial score (nSPS) is 13.6. The molecule has 1 fully saturated rings. The lowest BCUT2D eigenvalue weighted by Crippen LogP contribution is -2.23. The van der Waals surface area contributed by atoms with E-state index >= 15 is 0 Å². The number of rotatable bonds is 6. The van der Waals surface area contributed by atoms with Crippen molar-refractivity contribution in [3.63, 3.8) is 0 Å². The molecule has 0 unspecified atom stereocenters. The Bertz CT molecular complexity index is 1400. The van der Waals surface area contributed by atoms with Gasteiger partial charge in [0.15, 0.2) is 0 Å². The van der Waals surface area contributed by atoms with E-state index in [1.54, 1.807) is 11.0 Å². The van der Waals surface area contributed by atoms with Gasteiger partial charge in [-0.15, -0.1) is 11.3 Å². The molecule has 5 rings (SSSR count). The molecule has 166 valence electrons. The van der Waals surface area contributed by atoms with Crippen LogP contribution in [-0.4, -0.2) is 27.0 Å². The van der Waals surface area contributed by atoms with E-state index in [-0.39, 0.29) is 12.5 Å². The molecule has 7 nitrogen and oxygen atoms in total. The molecule has 2 aromatic heterocycles. The molecule has 1 saturated heterocycles. The lowest BCUT2D eigenvalue weighted by molar-refractivity contribution is -0.117. The fraction of sp³-hybridized carbons (Fsp3) is 0.250. The van der Waals surface area contributed by atoms with E-state index < -0.39 is 0 Å². The van der Waals surface area contributed by atoms with Crippen LogP contribution in [0.1, 0.15) is 34.9 Å². The predicted molar refractivity (Wildman–Crippen MR) is 128 cm³/mol. The van der Waals surface area contributed by atoms with Gasteiger partial charge in [-0.1, -0.05) is 17.7 Å². The molecule has 3 heterocycles. The number of hydrogen-bond acceptors (Lipinski definition) is 6. The maximum absolute atomic E-state index is 12.1. The number of hydrogen-bond donors (Lipinski definition) is 0. The number of anilines is 1. The Morgan fingerprint density at radius 2 is 2.12 bits per heavy atom. The summed E-state index contributed by atoms with van der Waals surface area (Å²) in [6.45, 7) is 3.29. The van der Waals surface area contributed by atoms with Crippen molar-refractivity contribution in [1.82, 2.24) is 14.5 Å². The van der Waals surface area contributed by atoms with Crippen LogP contribution in [0.2, 0.25) is 4.34 Å². The number of nitrogens with zero attached hydrogens (tertiary/aromatic N) is 5. The van der Waals surface area contributed by atoms with Crippen molar-refractivity contribution >= 4 is 45.6 Å². The summed E-state index contributed by atoms with van der Waals surface area (Å²) in [5.41, 5.74) is 3.75. The Balaban J connectivity index is 1.46. The number of imidazole rings is 1. The maximum atomic E-state index is 12.1. The van der Waals surface area contributed by atoms with Crippen LogP contribution in [0.5, 0.6) is 5.75 Å². The van der Waals surface area contributed by atoms with Gasteiger partial charge in [0.25, 0.3) is 0 Å². The van der Waals surface area contributed by atoms with Gasteiger partial charge in [0.1, 0.15) is 22.5 Å². The van der Waals surface area contributed by atoms with Crippen LogP contribution in [-0.2, 0) is 17.9 Å². The summed E-state index contributed by atoms with van der Waals surface area (Å²) < 4.78 is 8.72. The molecule has 4 aromatic rings. The zero-order valence-corrected chi connectivity index (χ0v) is 19.5. The average molecular weight is 478 g/mol. The maximum Gasteiger partial charge on any atom is 0.227 e. The number of benzene rings is 2. The Morgan fingerprint density at radius 3 is 2.85 bits per heavy atom. The van der Waals surface area contributed by atoms with Crippen molar-refractivity contribution in [2.75, 3.05) is 11.4 Å². The highest BCUT2D eigenvalue weighted by atomic mass is 35.5. The van der Waals surface area contributed by atoms with Gasteiger partial charge in [0.2, 0.25) is 5.91 Å². The van der Waals surface area contributed by atoms with Gasteiger partial charge in [0, 0.05) is 24.7 Å². The number of ether oxygens (including phenoxy) is 1. The Morgan fingerprint density at radius 1 is 1.24 bits per heavy atom. The smallest absolute Gasteiger partial charge is 0.227 e. The van der Waals surface area contributed by atoms with Crippen molar-refractivity contribution in [3.05, 3.63) is 68.9 Å². The summed E-state index contributed by atoms with van der Waals surface area (Å²) >= 11 is 7.83. The number of carbonyl (C=O) groups excluding carboxylic acids is 1. The van der Waals surface area contributed by atoms with Gasteiger partial charge in [-0.25, -0.2) is 9.97 Å². The number of aromatic nitrogens is 3. The minimum Gasteiger partial charge on any atom is -0.486 e. The van der Waals surface area contributed by atoms with Crippen molar-refractivity contribution in [3.8, 4) is 11.8 Å². The summed E-state index contributed by atoms with van der Waals surface area (Å²) in [6.07, 6.45) is 1.45. The number of halogens is 1. The lowest BCUT2D eigenvalue weighted by Gasteiger charge is -2.17. The van der Waals surface area contributed by atoms with Crippen molar-refractivity contribution < 1.29 is 9.53 Å². The van der Waals surface area contributed by atoms with Gasteiger partial charge in [-0.2, -0.15) is 5.26 Å². The van der Waals surface area contributed by atoms with Crippen LogP contribution in [0.25, 0.3) is 11.0 Å². The average Bonchev–Trinajstić information content (AvgIpc) is 3.49. The highest BCUT2D eigenvalue weighted by Crippen LogP contribution is 2.29. The van der Waals surface area contributed by atoms with Gasteiger partial charge < -0.3 is 14.2 Å². The summed E-state index contributed by atoms with van der Waals surface area (Å²) in [6, 6.07) is 15.1. The second-order valence-electron chi connectivity index (χ2n) is 7.82. The van der Waals surface area contributed by atoms with Crippen LogP contribution < -0.4 is 9.64 Å². The molecule has 2 aromatic carbocycles. The number of thiazole rings is 1. The molecule has 0 bridgehead atoms. The molecule has 9 heteroatoms. The second-order valence-corrected chi connectivity index (χ2v) is 9.62. The first-order valence-electron chi connectivity index (χ1n) is 10.6. The first kappa shape index (κ1) is 21.4. The molecule has 0 saturated carbocycles. The lowest BCUT2D eigenvalue weighted by atomic mass is 10.2. The zero-order chi connectivity index (χ0) is 22.9. The van der Waals surface area contributed by atoms with Crippen molar-refractivity contribution in [2.45, 2.75) is 32.9 Å². The first-order chi connectivity index (χ1) is 16.0. The number of aryl methyl sites for hydroxylation is 1. The SMILES string of the molecule is Cc1nc(Cn2c(COc3cccc(N4CCCC4=O)c3)nc3ccc(C#N)cc32)c(Cl)s1. The van der Waals surface area contributed by atoms with Crippen molar-refractivity contribution in [2.24, 2.45) is 0 Å². The third kappa shape index (κ3) is 4.30. The zero-order valence-electron chi connectivity index (χ0n) is 17.9. The summed E-state index contributed by atoms with van der Waals surface area (Å²) in [5, 5.41) is 10.2. The molecular weight excluding hydrogens is 458 g/mol. The Kier molecular flexibility index (Phi) is 5.75. The third-order valence-electron chi connectivity index (χ3n) is 5.59. The number of nitriles is 1. The fourth-order valence-electron chi connectivity index (χ4n) is 4.03. The minimum atomic E-state index is 0.137. The largest absolute Gasteiger partial charge is 0.486 e. The van der Waals surface area contributed by atoms with E-state index in [1.165, 1.54) is 11.3 Å².